The lowest BCUT2D eigenvalue weighted by Crippen LogP contribution is -2.55. The van der Waals surface area contributed by atoms with Crippen LogP contribution in [0.3, 0.4) is 0 Å². The minimum Gasteiger partial charge on any atom is -0.468 e. The molecule has 2 aromatic rings. The number of pyridine rings is 1. The van der Waals surface area contributed by atoms with Gasteiger partial charge in [0.15, 0.2) is 6.10 Å². The number of carbonyl (C=O) groups excluding carboxylic acids is 1. The van der Waals surface area contributed by atoms with Crippen LogP contribution in [0.5, 0.6) is 5.88 Å². The molecule has 0 bridgehead atoms. The van der Waals surface area contributed by atoms with Gasteiger partial charge in [0.1, 0.15) is 35.3 Å². The molecule has 0 radical (unpaired) electrons. The van der Waals surface area contributed by atoms with Crippen molar-refractivity contribution in [3.8, 4) is 5.88 Å². The number of halogens is 3. The lowest BCUT2D eigenvalue weighted by Gasteiger charge is -2.40. The number of hydrogen-bond acceptors (Lipinski definition) is 9. The Morgan fingerprint density at radius 1 is 1.13 bits per heavy atom. The summed E-state index contributed by atoms with van der Waals surface area (Å²) in [5.41, 5.74) is -1.48. The fourth-order valence-corrected chi connectivity index (χ4v) is 4.43. The van der Waals surface area contributed by atoms with Crippen LogP contribution >= 0.6 is 0 Å². The Morgan fingerprint density at radius 3 is 2.45 bits per heavy atom. The normalized spacial score (nSPS) is 27.3. The number of piperidine rings is 1. The molecule has 5 atom stereocenters. The summed E-state index contributed by atoms with van der Waals surface area (Å²) in [7, 11) is 0. The van der Waals surface area contributed by atoms with Crippen molar-refractivity contribution in [1.29, 1.82) is 0 Å². The van der Waals surface area contributed by atoms with Gasteiger partial charge in [0.05, 0.1) is 18.3 Å². The van der Waals surface area contributed by atoms with Gasteiger partial charge in [-0.2, -0.15) is 13.2 Å². The van der Waals surface area contributed by atoms with Crippen LogP contribution in [0.2, 0.25) is 0 Å². The van der Waals surface area contributed by atoms with Gasteiger partial charge in [0, 0.05) is 19.2 Å². The maximum absolute atomic E-state index is 13.1. The Bertz CT molecular complexity index is 1120. The lowest BCUT2D eigenvalue weighted by molar-refractivity contribution is -0.214. The molecular formula is C24H32F3N5O6. The quantitative estimate of drug-likeness (QED) is 0.597. The van der Waals surface area contributed by atoms with Crippen LogP contribution < -0.4 is 4.74 Å². The van der Waals surface area contributed by atoms with Crippen LogP contribution in [-0.4, -0.2) is 84.3 Å². The molecular weight excluding hydrogens is 511 g/mol. The van der Waals surface area contributed by atoms with E-state index in [4.69, 9.17) is 14.2 Å². The Kier molecular flexibility index (Phi) is 7.86. The maximum Gasteiger partial charge on any atom is 0.433 e. The summed E-state index contributed by atoms with van der Waals surface area (Å²) in [6.07, 6.45) is -8.27. The number of aliphatic hydroxyl groups excluding tert-OH is 2. The smallest absolute Gasteiger partial charge is 0.433 e. The second-order valence-electron chi connectivity index (χ2n) is 10.5. The number of alkyl halides is 3. The molecule has 2 N–H and O–H groups in total. The molecule has 14 heteroatoms. The fraction of sp³-hybridized carbons (Fsp3) is 0.667. The van der Waals surface area contributed by atoms with E-state index in [0.29, 0.717) is 25.9 Å². The first-order chi connectivity index (χ1) is 17.7. The number of amides is 1. The molecule has 2 fully saturated rings. The Morgan fingerprint density at radius 2 is 1.82 bits per heavy atom. The molecule has 38 heavy (non-hydrogen) atoms. The van der Waals surface area contributed by atoms with Crippen molar-refractivity contribution in [1.82, 2.24) is 24.9 Å². The monoisotopic (exact) mass is 543 g/mol. The molecule has 2 aliphatic rings. The minimum atomic E-state index is -4.68. The molecule has 0 aromatic carbocycles. The number of ether oxygens (including phenoxy) is 3. The summed E-state index contributed by atoms with van der Waals surface area (Å²) in [6, 6.07) is 3.08. The van der Waals surface area contributed by atoms with Crippen LogP contribution in [0.15, 0.2) is 24.4 Å². The summed E-state index contributed by atoms with van der Waals surface area (Å²) in [6.45, 7) is 7.89. The highest BCUT2D eigenvalue weighted by Gasteiger charge is 2.47. The Labute approximate surface area is 217 Å². The first kappa shape index (κ1) is 28.0. The summed E-state index contributed by atoms with van der Waals surface area (Å²) < 4.78 is 57.9. The third-order valence-electron chi connectivity index (χ3n) is 6.41. The maximum atomic E-state index is 13.1. The zero-order chi connectivity index (χ0) is 27.8. The molecule has 11 nitrogen and oxygen atoms in total. The molecule has 0 spiro atoms. The molecule has 2 aromatic heterocycles. The van der Waals surface area contributed by atoms with Crippen LogP contribution in [0, 0.1) is 0 Å². The van der Waals surface area contributed by atoms with Gasteiger partial charge in [-0.1, -0.05) is 11.3 Å². The van der Waals surface area contributed by atoms with Crippen molar-refractivity contribution >= 4 is 6.09 Å². The van der Waals surface area contributed by atoms with Crippen molar-refractivity contribution in [2.75, 3.05) is 13.1 Å². The van der Waals surface area contributed by atoms with Crippen molar-refractivity contribution < 1.29 is 42.4 Å². The zero-order valence-corrected chi connectivity index (χ0v) is 21.5. The van der Waals surface area contributed by atoms with Gasteiger partial charge in [-0.05, 0) is 46.6 Å². The average molecular weight is 544 g/mol. The van der Waals surface area contributed by atoms with E-state index in [9.17, 15) is 28.2 Å². The van der Waals surface area contributed by atoms with E-state index in [1.165, 1.54) is 6.07 Å². The molecule has 4 rings (SSSR count). The lowest BCUT2D eigenvalue weighted by atomic mass is 9.94. The number of nitrogens with zero attached hydrogens (tertiary/aromatic N) is 5. The molecule has 2 saturated heterocycles. The predicted octanol–water partition coefficient (Wildman–Crippen LogP) is 2.89. The second-order valence-corrected chi connectivity index (χ2v) is 10.5. The zero-order valence-electron chi connectivity index (χ0n) is 21.5. The van der Waals surface area contributed by atoms with Crippen LogP contribution in [0.1, 0.15) is 64.1 Å². The Hall–Kier alpha value is -2.97. The largest absolute Gasteiger partial charge is 0.468 e. The predicted molar refractivity (Wildman–Crippen MR) is 125 cm³/mol. The van der Waals surface area contributed by atoms with Gasteiger partial charge in [0.2, 0.25) is 5.88 Å². The van der Waals surface area contributed by atoms with E-state index in [1.54, 1.807) is 43.5 Å². The molecule has 1 amide bonds. The highest BCUT2D eigenvalue weighted by molar-refractivity contribution is 5.68. The number of rotatable bonds is 4. The van der Waals surface area contributed by atoms with Gasteiger partial charge in [-0.25, -0.2) is 14.5 Å². The first-order valence-electron chi connectivity index (χ1n) is 12.3. The topological polar surface area (TPSA) is 132 Å². The van der Waals surface area contributed by atoms with Gasteiger partial charge in [-0.15, -0.1) is 5.10 Å². The number of aliphatic hydroxyl groups is 2. The highest BCUT2D eigenvalue weighted by atomic mass is 19.4. The van der Waals surface area contributed by atoms with Gasteiger partial charge in [0.25, 0.3) is 0 Å². The second kappa shape index (κ2) is 10.7. The summed E-state index contributed by atoms with van der Waals surface area (Å²) in [4.78, 5) is 17.5. The van der Waals surface area contributed by atoms with Crippen LogP contribution in [0.25, 0.3) is 0 Å². The third-order valence-corrected chi connectivity index (χ3v) is 6.41. The third kappa shape index (κ3) is 6.35. The molecule has 4 heterocycles. The number of hydrogen-bond donors (Lipinski definition) is 2. The standard InChI is InChI=1S/C24H32F3N5O6/c1-13-18(33)19(34)21(37-17-7-5-6-16(28-17)24(25,26)27)20(36-13)15-12-32(30-29-15)14-8-10-31(11-9-14)22(35)38-23(2,3)4/h5-7,12-14,18-21,33-34H,8-11H2,1-4H3/t13-,18+,19+,20-,21-/m1/s1. The van der Waals surface area contributed by atoms with Crippen molar-refractivity contribution in [2.45, 2.75) is 88.9 Å². The van der Waals surface area contributed by atoms with Crippen molar-refractivity contribution in [3.63, 3.8) is 0 Å². The van der Waals surface area contributed by atoms with Crippen molar-refractivity contribution in [2.24, 2.45) is 0 Å². The number of carbonyl (C=O) groups is 1. The van der Waals surface area contributed by atoms with Gasteiger partial charge >= 0.3 is 12.3 Å². The van der Waals surface area contributed by atoms with Crippen LogP contribution in [0.4, 0.5) is 18.0 Å². The van der Waals surface area contributed by atoms with Crippen LogP contribution in [-0.2, 0) is 15.7 Å². The molecule has 0 saturated carbocycles. The summed E-state index contributed by atoms with van der Waals surface area (Å²) in [5.74, 6) is -0.388. The molecule has 0 unspecified atom stereocenters. The van der Waals surface area contributed by atoms with Gasteiger partial charge < -0.3 is 29.3 Å². The molecule has 0 aliphatic carbocycles. The molecule has 210 valence electrons. The van der Waals surface area contributed by atoms with E-state index in [0.717, 1.165) is 12.1 Å². The SMILES string of the molecule is C[C@H]1O[C@H](c2cn(C3CCN(C(=O)OC(C)(C)C)CC3)nn2)[C@H](Oc2cccc(C(F)(F)F)n2)[C@@H](O)[C@H]1O. The van der Waals surface area contributed by atoms with E-state index < -0.39 is 48.0 Å². The summed E-state index contributed by atoms with van der Waals surface area (Å²) in [5, 5.41) is 29.5. The number of aromatic nitrogens is 4. The minimum absolute atomic E-state index is 0.0732. The van der Waals surface area contributed by atoms with Crippen molar-refractivity contribution in [3.05, 3.63) is 35.8 Å². The number of likely N-dealkylation sites (tertiary alicyclic amines) is 1. The van der Waals surface area contributed by atoms with E-state index >= 15 is 0 Å². The summed E-state index contributed by atoms with van der Waals surface area (Å²) >= 11 is 0. The Balaban J connectivity index is 1.49. The van der Waals surface area contributed by atoms with Gasteiger partial charge in [-0.3, -0.25) is 0 Å². The van der Waals surface area contributed by atoms with E-state index in [2.05, 4.69) is 15.3 Å². The average Bonchev–Trinajstić information content (AvgIpc) is 3.33. The van der Waals surface area contributed by atoms with E-state index in [-0.39, 0.29) is 23.7 Å². The fourth-order valence-electron chi connectivity index (χ4n) is 4.43. The highest BCUT2D eigenvalue weighted by Crippen LogP contribution is 2.35. The van der Waals surface area contributed by atoms with E-state index in [1.807, 2.05) is 0 Å². The first-order valence-corrected chi connectivity index (χ1v) is 12.3. The molecule has 2 aliphatic heterocycles.